The Labute approximate surface area is 249 Å². The van der Waals surface area contributed by atoms with E-state index in [4.69, 9.17) is 20.9 Å². The maximum Gasteiger partial charge on any atom is 0.188 e. The summed E-state index contributed by atoms with van der Waals surface area (Å²) in [5.74, 6) is 3.71. The Bertz CT molecular complexity index is 1780. The van der Waals surface area contributed by atoms with Crippen LogP contribution in [0.25, 0.3) is 32.8 Å². The minimum atomic E-state index is -0.770. The molecule has 0 spiro atoms. The number of hydrogen-bond donors (Lipinski definition) is 0. The van der Waals surface area contributed by atoms with Crippen LogP contribution in [0.4, 0.5) is 14.6 Å². The molecular weight excluding hydrogens is 548 g/mol. The van der Waals surface area contributed by atoms with Crippen LogP contribution in [0.1, 0.15) is 49.9 Å². The molecule has 2 atom stereocenters. The van der Waals surface area contributed by atoms with E-state index in [0.717, 1.165) is 45.1 Å². The average Bonchev–Trinajstić information content (AvgIpc) is 3.73. The summed E-state index contributed by atoms with van der Waals surface area (Å²) in [5, 5.41) is 1.60. The SMILES string of the molecule is C#Cc1cccc2cc(OCOC)cc(-c3c(F)cc4c(N5CC6CCC(C6)C5)nc(CCC5(C=O)CC5)nc4c3F)c12. The highest BCUT2D eigenvalue weighted by atomic mass is 19.1. The number of carbonyl (C=O) groups excluding carboxylic acids is 1. The molecule has 3 aliphatic rings. The van der Waals surface area contributed by atoms with Gasteiger partial charge in [0.05, 0.1) is 5.56 Å². The number of carbonyl (C=O) groups is 1. The van der Waals surface area contributed by atoms with E-state index in [9.17, 15) is 4.79 Å². The molecule has 43 heavy (non-hydrogen) atoms. The standard InChI is InChI=1S/C35H33F2N3O3/c1-3-23-5-4-6-24-14-25(43-20-42-2)15-26(30(23)24)31-28(36)16-27-33(32(31)37)38-29(9-10-35(19-41)11-12-35)39-34(27)40-17-21-7-8-22(13-21)18-40/h1,4-6,14-16,19,21-22H,7-13,17-18,20H2,2H3. The van der Waals surface area contributed by atoms with E-state index in [1.807, 2.05) is 6.07 Å². The van der Waals surface area contributed by atoms with Gasteiger partial charge in [-0.3, -0.25) is 0 Å². The lowest BCUT2D eigenvalue weighted by Crippen LogP contribution is -2.37. The third-order valence-electron chi connectivity index (χ3n) is 9.52. The summed E-state index contributed by atoms with van der Waals surface area (Å²) < 4.78 is 44.0. The number of fused-ring (bicyclic) bond motifs is 4. The minimum absolute atomic E-state index is 0.0253. The third kappa shape index (κ3) is 5.00. The van der Waals surface area contributed by atoms with Crippen LogP contribution < -0.4 is 9.64 Å². The van der Waals surface area contributed by atoms with Gasteiger partial charge in [0.2, 0.25) is 0 Å². The molecule has 2 bridgehead atoms. The number of nitrogens with zero attached hydrogens (tertiary/aromatic N) is 3. The molecule has 1 aliphatic heterocycles. The van der Waals surface area contributed by atoms with E-state index < -0.39 is 11.6 Å². The lowest BCUT2D eigenvalue weighted by Gasteiger charge is -2.33. The van der Waals surface area contributed by atoms with Gasteiger partial charge in [0.15, 0.2) is 12.6 Å². The molecule has 0 N–H and O–H groups in total. The normalized spacial score (nSPS) is 20.4. The highest BCUT2D eigenvalue weighted by molar-refractivity contribution is 6.04. The summed E-state index contributed by atoms with van der Waals surface area (Å²) in [6.45, 7) is 1.59. The van der Waals surface area contributed by atoms with Gasteiger partial charge in [-0.15, -0.1) is 6.42 Å². The zero-order chi connectivity index (χ0) is 29.7. The maximum absolute atomic E-state index is 16.9. The van der Waals surface area contributed by atoms with E-state index in [-0.39, 0.29) is 28.9 Å². The van der Waals surface area contributed by atoms with E-state index in [1.54, 1.807) is 24.3 Å². The van der Waals surface area contributed by atoms with Crippen molar-refractivity contribution in [2.75, 3.05) is 31.9 Å². The lowest BCUT2D eigenvalue weighted by atomic mass is 9.92. The number of ether oxygens (including phenoxy) is 2. The highest BCUT2D eigenvalue weighted by Gasteiger charge is 2.42. The van der Waals surface area contributed by atoms with Gasteiger partial charge in [0.25, 0.3) is 0 Å². The fourth-order valence-electron chi connectivity index (χ4n) is 7.08. The molecule has 2 unspecified atom stereocenters. The molecule has 0 radical (unpaired) electrons. The summed E-state index contributed by atoms with van der Waals surface area (Å²) in [6, 6.07) is 10.1. The average molecular weight is 582 g/mol. The number of aryl methyl sites for hydroxylation is 1. The Balaban J connectivity index is 1.43. The lowest BCUT2D eigenvalue weighted by molar-refractivity contribution is -0.112. The summed E-state index contributed by atoms with van der Waals surface area (Å²) in [7, 11) is 1.50. The first-order valence-corrected chi connectivity index (χ1v) is 15.0. The fourth-order valence-corrected chi connectivity index (χ4v) is 7.08. The molecule has 4 aromatic rings. The Kier molecular flexibility index (Phi) is 7.01. The molecule has 220 valence electrons. The van der Waals surface area contributed by atoms with Gasteiger partial charge >= 0.3 is 0 Å². The van der Waals surface area contributed by atoms with E-state index >= 15 is 8.78 Å². The molecule has 7 rings (SSSR count). The quantitative estimate of drug-likeness (QED) is 0.123. The van der Waals surface area contributed by atoms with Gasteiger partial charge in [-0.2, -0.15) is 0 Å². The number of anilines is 1. The van der Waals surface area contributed by atoms with E-state index in [2.05, 4.69) is 15.8 Å². The number of aldehydes is 1. The minimum Gasteiger partial charge on any atom is -0.468 e. The molecule has 1 aromatic heterocycles. The van der Waals surface area contributed by atoms with Crippen molar-refractivity contribution in [2.24, 2.45) is 17.3 Å². The molecular formula is C35H33F2N3O3. The van der Waals surface area contributed by atoms with Crippen LogP contribution in [-0.4, -0.2) is 43.2 Å². The van der Waals surface area contributed by atoms with Gasteiger partial charge in [0.1, 0.15) is 35.0 Å². The Morgan fingerprint density at radius 3 is 2.63 bits per heavy atom. The van der Waals surface area contributed by atoms with Gasteiger partial charge in [-0.05, 0) is 80.0 Å². The van der Waals surface area contributed by atoms with E-state index in [1.165, 1.54) is 19.6 Å². The van der Waals surface area contributed by atoms with Crippen LogP contribution in [0.5, 0.6) is 5.75 Å². The number of methoxy groups -OCH3 is 1. The van der Waals surface area contributed by atoms with Gasteiger partial charge < -0.3 is 19.2 Å². The number of aromatic nitrogens is 2. The molecule has 6 nitrogen and oxygen atoms in total. The van der Waals surface area contributed by atoms with Gasteiger partial charge in [-0.1, -0.05) is 18.1 Å². The van der Waals surface area contributed by atoms with Crippen molar-refractivity contribution in [3.63, 3.8) is 0 Å². The Morgan fingerprint density at radius 2 is 1.93 bits per heavy atom. The summed E-state index contributed by atoms with van der Waals surface area (Å²) in [4.78, 5) is 23.5. The van der Waals surface area contributed by atoms with Crippen LogP contribution in [0.15, 0.2) is 36.4 Å². The second-order valence-electron chi connectivity index (χ2n) is 12.4. The molecule has 2 heterocycles. The molecule has 0 amide bonds. The summed E-state index contributed by atoms with van der Waals surface area (Å²) in [6.07, 6.45) is 13.1. The molecule has 2 saturated carbocycles. The second-order valence-corrected chi connectivity index (χ2v) is 12.4. The van der Waals surface area contributed by atoms with Gasteiger partial charge in [0, 0.05) is 53.9 Å². The third-order valence-corrected chi connectivity index (χ3v) is 9.52. The predicted octanol–water partition coefficient (Wildman–Crippen LogP) is 6.84. The second kappa shape index (κ2) is 10.9. The molecule has 1 saturated heterocycles. The monoisotopic (exact) mass is 581 g/mol. The van der Waals surface area contributed by atoms with Crippen molar-refractivity contribution < 1.29 is 23.0 Å². The molecule has 2 aliphatic carbocycles. The van der Waals surface area contributed by atoms with Crippen molar-refractivity contribution >= 4 is 33.8 Å². The Morgan fingerprint density at radius 1 is 1.14 bits per heavy atom. The van der Waals surface area contributed by atoms with Crippen molar-refractivity contribution in [3.8, 4) is 29.2 Å². The molecule has 3 aromatic carbocycles. The first-order chi connectivity index (χ1) is 20.9. The van der Waals surface area contributed by atoms with E-state index in [0.29, 0.717) is 63.8 Å². The number of piperidine rings is 1. The van der Waals surface area contributed by atoms with Crippen LogP contribution in [-0.2, 0) is 16.0 Å². The van der Waals surface area contributed by atoms with Crippen LogP contribution in [0, 0.1) is 41.2 Å². The first kappa shape index (κ1) is 27.7. The first-order valence-electron chi connectivity index (χ1n) is 15.0. The number of benzene rings is 3. The fraction of sp³-hybridized carbons (Fsp3) is 0.400. The Hall–Kier alpha value is -4.09. The van der Waals surface area contributed by atoms with Gasteiger partial charge in [-0.25, -0.2) is 18.7 Å². The zero-order valence-electron chi connectivity index (χ0n) is 24.2. The summed E-state index contributed by atoms with van der Waals surface area (Å²) in [5.41, 5.74) is 0.317. The predicted molar refractivity (Wildman–Crippen MR) is 162 cm³/mol. The van der Waals surface area contributed by atoms with Crippen LogP contribution >= 0.6 is 0 Å². The highest BCUT2D eigenvalue weighted by Crippen LogP contribution is 2.48. The van der Waals surface area contributed by atoms with Crippen LogP contribution in [0.2, 0.25) is 0 Å². The summed E-state index contributed by atoms with van der Waals surface area (Å²) >= 11 is 0. The van der Waals surface area contributed by atoms with Crippen molar-refractivity contribution in [2.45, 2.75) is 44.9 Å². The number of terminal acetylenes is 1. The molecule has 3 fully saturated rings. The number of halogens is 2. The number of hydrogen-bond acceptors (Lipinski definition) is 6. The molecule has 8 heteroatoms. The number of rotatable bonds is 9. The largest absolute Gasteiger partial charge is 0.468 e. The van der Waals surface area contributed by atoms with Crippen molar-refractivity contribution in [1.29, 1.82) is 0 Å². The smallest absolute Gasteiger partial charge is 0.188 e. The van der Waals surface area contributed by atoms with Crippen molar-refractivity contribution in [1.82, 2.24) is 9.97 Å². The van der Waals surface area contributed by atoms with Crippen LogP contribution in [0.3, 0.4) is 0 Å². The van der Waals surface area contributed by atoms with Crippen molar-refractivity contribution in [3.05, 3.63) is 59.4 Å². The zero-order valence-corrected chi connectivity index (χ0v) is 24.2. The topological polar surface area (TPSA) is 64.6 Å². The maximum atomic E-state index is 16.9.